The van der Waals surface area contributed by atoms with E-state index < -0.39 is 31.6 Å². The number of anilines is 2. The molecule has 290 valence electrons. The van der Waals surface area contributed by atoms with Crippen LogP contribution in [-0.4, -0.2) is 77.7 Å². The Bertz CT molecular complexity index is 2170. The molecule has 2 aliphatic rings. The molecule has 54 heavy (non-hydrogen) atoms. The molecule has 2 atom stereocenters. The molecule has 0 aliphatic carbocycles. The zero-order chi connectivity index (χ0) is 39.7. The van der Waals surface area contributed by atoms with Gasteiger partial charge in [0.15, 0.2) is 20.0 Å². The van der Waals surface area contributed by atoms with E-state index in [0.29, 0.717) is 29.0 Å². The molecule has 15 heteroatoms. The van der Waals surface area contributed by atoms with Crippen LogP contribution in [0.15, 0.2) is 12.4 Å². The lowest BCUT2D eigenvalue weighted by Gasteiger charge is -2.45. The van der Waals surface area contributed by atoms with Gasteiger partial charge in [-0.25, -0.2) is 23.5 Å². The van der Waals surface area contributed by atoms with E-state index >= 15 is 8.78 Å². The number of ether oxygens (including phenoxy) is 2. The fraction of sp³-hybridized carbons (Fsp3) is 0.564. The van der Waals surface area contributed by atoms with Crippen molar-refractivity contribution in [2.75, 3.05) is 30.4 Å². The van der Waals surface area contributed by atoms with Crippen LogP contribution in [0.1, 0.15) is 85.4 Å². The Balaban J connectivity index is 1.37. The summed E-state index contributed by atoms with van der Waals surface area (Å²) in [5, 5.41) is 13.7. The normalized spacial score (nSPS) is 18.1. The monoisotopic (exact) mass is 779 g/mol. The summed E-state index contributed by atoms with van der Waals surface area (Å²) in [4.78, 5) is 31.1. The van der Waals surface area contributed by atoms with Gasteiger partial charge in [0.05, 0.1) is 41.0 Å². The van der Waals surface area contributed by atoms with Crippen LogP contribution < -0.4 is 10.2 Å². The topological polar surface area (TPSA) is 126 Å². The Labute approximate surface area is 321 Å². The van der Waals surface area contributed by atoms with Crippen LogP contribution in [0.5, 0.6) is 0 Å². The fourth-order valence-electron chi connectivity index (χ4n) is 7.53. The van der Waals surface area contributed by atoms with E-state index in [1.54, 1.807) is 27.0 Å². The third kappa shape index (κ3) is 7.43. The minimum atomic E-state index is -2.00. The number of rotatable bonds is 8. The molecule has 1 N–H and O–H groups in total. The molecule has 1 aromatic carbocycles. The first-order valence-electron chi connectivity index (χ1n) is 18.3. The minimum absolute atomic E-state index is 0.0229. The van der Waals surface area contributed by atoms with E-state index in [-0.39, 0.29) is 73.4 Å². The molecular weight excluding hydrogens is 729 g/mol. The van der Waals surface area contributed by atoms with E-state index in [4.69, 9.17) is 23.9 Å². The van der Waals surface area contributed by atoms with Crippen LogP contribution in [0.4, 0.5) is 24.5 Å². The van der Waals surface area contributed by atoms with Gasteiger partial charge in [-0.3, -0.25) is 15.2 Å². The number of likely N-dealkylation sites (N-methyl/N-ethyl adjacent to an activating group) is 1. The lowest BCUT2D eigenvalue weighted by atomic mass is 9.94. The molecule has 1 amide bonds. The maximum absolute atomic E-state index is 17.2. The van der Waals surface area contributed by atoms with Gasteiger partial charge in [-0.2, -0.15) is 5.26 Å². The van der Waals surface area contributed by atoms with Crippen molar-refractivity contribution < 1.29 is 27.5 Å². The van der Waals surface area contributed by atoms with Gasteiger partial charge in [0, 0.05) is 47.7 Å². The number of nitriles is 1. The van der Waals surface area contributed by atoms with E-state index in [2.05, 4.69) is 87.9 Å². The van der Waals surface area contributed by atoms with Crippen molar-refractivity contribution in [2.24, 2.45) is 0 Å². The summed E-state index contributed by atoms with van der Waals surface area (Å²) in [6.45, 7) is 24.6. The molecule has 6 rings (SSSR count). The third-order valence-electron chi connectivity index (χ3n) is 10.8. The minimum Gasteiger partial charge on any atom is -0.444 e. The number of hydrogen-bond donors (Lipinski definition) is 1. The highest BCUT2D eigenvalue weighted by atomic mass is 32.1. The highest BCUT2D eigenvalue weighted by molar-refractivity contribution is 7.23. The van der Waals surface area contributed by atoms with Crippen LogP contribution >= 0.6 is 11.3 Å². The number of amides is 1. The summed E-state index contributed by atoms with van der Waals surface area (Å²) in [5.41, 5.74) is 0.282. The Morgan fingerprint density at radius 1 is 1.13 bits per heavy atom. The summed E-state index contributed by atoms with van der Waals surface area (Å²) in [7, 11) is 0.131. The predicted molar refractivity (Wildman–Crippen MR) is 211 cm³/mol. The van der Waals surface area contributed by atoms with Crippen molar-refractivity contribution in [3.8, 4) is 17.3 Å². The Morgan fingerprint density at radius 2 is 1.81 bits per heavy atom. The number of aromatic nitrogens is 3. The molecule has 4 aromatic rings. The molecule has 1 saturated heterocycles. The molecule has 2 aliphatic heterocycles. The number of carbonyl (C=O) groups excluding carboxylic acids is 1. The quantitative estimate of drug-likeness (QED) is 0.173. The predicted octanol–water partition coefficient (Wildman–Crippen LogP) is 9.13. The molecule has 0 radical (unpaired) electrons. The number of hydrogen-bond acceptors (Lipinski definition) is 11. The third-order valence-corrected chi connectivity index (χ3v) is 16.6. The smallest absolute Gasteiger partial charge is 0.412 e. The molecule has 0 saturated carbocycles. The molecule has 5 heterocycles. The largest absolute Gasteiger partial charge is 0.444 e. The molecule has 0 bridgehead atoms. The van der Waals surface area contributed by atoms with Crippen molar-refractivity contribution in [3.05, 3.63) is 40.7 Å². The molecule has 11 nitrogen and oxygen atoms in total. The number of carbonyl (C=O) groups is 1. The number of benzene rings is 1. The lowest BCUT2D eigenvalue weighted by molar-refractivity contribution is 0.0406. The lowest BCUT2D eigenvalue weighted by Crippen LogP contribution is -2.53. The van der Waals surface area contributed by atoms with Gasteiger partial charge in [0.2, 0.25) is 5.95 Å². The van der Waals surface area contributed by atoms with Gasteiger partial charge in [-0.15, -0.1) is 11.3 Å². The first-order chi connectivity index (χ1) is 25.0. The van der Waals surface area contributed by atoms with Crippen molar-refractivity contribution >= 4 is 57.7 Å². The highest BCUT2D eigenvalue weighted by Crippen LogP contribution is 2.46. The molecule has 0 spiro atoms. The molecule has 0 unspecified atom stereocenters. The van der Waals surface area contributed by atoms with Crippen molar-refractivity contribution in [3.63, 3.8) is 0 Å². The fourth-order valence-corrected chi connectivity index (χ4v) is 10.3. The van der Waals surface area contributed by atoms with Gasteiger partial charge in [0.25, 0.3) is 0 Å². The number of pyridine rings is 1. The van der Waals surface area contributed by atoms with E-state index in [1.165, 1.54) is 0 Å². The van der Waals surface area contributed by atoms with E-state index in [0.717, 1.165) is 30.5 Å². The van der Waals surface area contributed by atoms with Crippen molar-refractivity contribution in [1.29, 1.82) is 5.26 Å². The van der Waals surface area contributed by atoms with Gasteiger partial charge in [-0.1, -0.05) is 20.8 Å². The first kappa shape index (κ1) is 39.9. The Kier molecular flexibility index (Phi) is 10.4. The average Bonchev–Trinajstić information content (AvgIpc) is 3.77. The van der Waals surface area contributed by atoms with Crippen LogP contribution in [0, 0.1) is 23.0 Å². The second-order valence-corrected chi connectivity index (χ2v) is 23.3. The number of nitrogens with zero attached hydrogens (tertiary/aromatic N) is 6. The highest BCUT2D eigenvalue weighted by Gasteiger charge is 2.43. The zero-order valence-corrected chi connectivity index (χ0v) is 35.1. The zero-order valence-electron chi connectivity index (χ0n) is 33.3. The Morgan fingerprint density at radius 3 is 2.46 bits per heavy atom. The van der Waals surface area contributed by atoms with Crippen molar-refractivity contribution in [2.45, 2.75) is 123 Å². The number of nitrogens with one attached hydrogen (secondary N) is 1. The van der Waals surface area contributed by atoms with Gasteiger partial charge in [-0.05, 0) is 84.3 Å². The summed E-state index contributed by atoms with van der Waals surface area (Å²) in [6.07, 6.45) is 2.72. The maximum Gasteiger partial charge on any atom is 0.412 e. The van der Waals surface area contributed by atoms with E-state index in [9.17, 15) is 10.1 Å². The number of halogens is 2. The summed E-state index contributed by atoms with van der Waals surface area (Å²) < 4.78 is 50.6. The SMILES string of the molecule is C[C@H]1[C@@H](N(C)CC(C)(C)O[Si](C)(C)C(C)(C)C)CCN1c1ncc2c3c(c(-c4ncc(F)c5sc(NC(=O)OC(C)(C)C)c(C#N)c45)c(F)c2n1)COC3. The number of thiophene rings is 1. The van der Waals surface area contributed by atoms with Crippen molar-refractivity contribution in [1.82, 2.24) is 19.9 Å². The summed E-state index contributed by atoms with van der Waals surface area (Å²) in [6, 6.07) is 2.29. The molecule has 3 aromatic heterocycles. The van der Waals surface area contributed by atoms with Gasteiger partial charge < -0.3 is 18.8 Å². The van der Waals surface area contributed by atoms with Crippen LogP contribution in [0.3, 0.4) is 0 Å². The van der Waals surface area contributed by atoms with E-state index in [1.807, 2.05) is 0 Å². The van der Waals surface area contributed by atoms with Crippen LogP contribution in [0.2, 0.25) is 18.1 Å². The van der Waals surface area contributed by atoms with Gasteiger partial charge >= 0.3 is 6.09 Å². The summed E-state index contributed by atoms with van der Waals surface area (Å²) in [5.74, 6) is -0.968. The molecular formula is C39H51F2N7O4SSi. The first-order valence-corrected chi connectivity index (χ1v) is 22.0. The van der Waals surface area contributed by atoms with Gasteiger partial charge in [0.1, 0.15) is 22.2 Å². The van der Waals surface area contributed by atoms with Crippen LogP contribution in [-0.2, 0) is 27.1 Å². The second kappa shape index (κ2) is 14.0. The summed E-state index contributed by atoms with van der Waals surface area (Å²) >= 11 is 0.864. The average molecular weight is 780 g/mol. The second-order valence-electron chi connectivity index (χ2n) is 17.6. The molecule has 1 fully saturated rings. The Hall–Kier alpha value is -3.81. The number of fused-ring (bicyclic) bond motifs is 4. The van der Waals surface area contributed by atoms with Crippen LogP contribution in [0.25, 0.3) is 32.2 Å². The maximum atomic E-state index is 17.2. The standard InChI is InChI=1S/C39H51F2N7O4SSi/c1-21-27(47(10)20-39(8,9)52-54(11,12)38(5,6)7)13-14-48(21)35-44-16-23-24-18-50-19-25(24)28(30(41)31(23)45-35)32-29-22(15-42)34(46-36(49)51-37(2,3)4)53-33(29)26(40)17-43-32/h16-17,21,27H,13-14,18-20H2,1-12H3,(H,46,49)/t21-,27-/m0/s1.